The van der Waals surface area contributed by atoms with E-state index in [1.54, 1.807) is 17.0 Å². The van der Waals surface area contributed by atoms with Crippen LogP contribution >= 0.6 is 22.6 Å². The van der Waals surface area contributed by atoms with E-state index in [4.69, 9.17) is 4.74 Å². The number of fused-ring (bicyclic) bond motifs is 3. The lowest BCUT2D eigenvalue weighted by molar-refractivity contribution is 0.147. The lowest BCUT2D eigenvalue weighted by Gasteiger charge is -2.20. The maximum Gasteiger partial charge on any atom is 0.414 e. The van der Waals surface area contributed by atoms with Crippen molar-refractivity contribution in [2.75, 3.05) is 11.4 Å². The van der Waals surface area contributed by atoms with Crippen LogP contribution in [0.4, 0.5) is 14.9 Å². The van der Waals surface area contributed by atoms with Crippen molar-refractivity contribution in [2.24, 2.45) is 0 Å². The van der Waals surface area contributed by atoms with Gasteiger partial charge < -0.3 is 4.74 Å². The first-order valence-electron chi connectivity index (χ1n) is 10.6. The van der Waals surface area contributed by atoms with E-state index in [1.807, 2.05) is 40.9 Å². The molecule has 2 aromatic carbocycles. The van der Waals surface area contributed by atoms with Crippen LogP contribution in [0.1, 0.15) is 36.2 Å². The van der Waals surface area contributed by atoms with E-state index in [0.29, 0.717) is 16.8 Å². The van der Waals surface area contributed by atoms with Gasteiger partial charge in [0, 0.05) is 46.5 Å². The Kier molecular flexibility index (Phi) is 5.55. The number of benzene rings is 2. The number of amides is 1. The Labute approximate surface area is 204 Å². The molecule has 3 heterocycles. The number of aromatic nitrogens is 3. The van der Waals surface area contributed by atoms with Gasteiger partial charge in [-0.1, -0.05) is 56.3 Å². The van der Waals surface area contributed by atoms with Crippen LogP contribution in [0.5, 0.6) is 0 Å². The van der Waals surface area contributed by atoms with Crippen molar-refractivity contribution in [1.82, 2.24) is 14.6 Å². The van der Waals surface area contributed by atoms with Crippen molar-refractivity contribution in [2.45, 2.75) is 32.3 Å². The minimum atomic E-state index is -0.396. The second-order valence-electron chi connectivity index (χ2n) is 8.83. The summed E-state index contributed by atoms with van der Waals surface area (Å²) in [5, 5.41) is 4.64. The van der Waals surface area contributed by atoms with Crippen LogP contribution in [0.2, 0.25) is 0 Å². The normalized spacial score (nSPS) is 14.5. The predicted octanol–water partition coefficient (Wildman–Crippen LogP) is 5.50. The van der Waals surface area contributed by atoms with Crippen LogP contribution in [-0.2, 0) is 23.2 Å². The van der Waals surface area contributed by atoms with Crippen molar-refractivity contribution >= 4 is 40.0 Å². The third-order valence-corrected chi connectivity index (χ3v) is 6.31. The van der Waals surface area contributed by atoms with Gasteiger partial charge in [0.15, 0.2) is 5.65 Å². The molecule has 5 rings (SSSR count). The molecule has 33 heavy (non-hydrogen) atoms. The Morgan fingerprint density at radius 3 is 2.58 bits per heavy atom. The second-order valence-corrected chi connectivity index (χ2v) is 9.80. The molecule has 1 amide bonds. The van der Waals surface area contributed by atoms with Gasteiger partial charge in [-0.05, 0) is 29.3 Å². The van der Waals surface area contributed by atoms with Crippen LogP contribution in [0.3, 0.4) is 0 Å². The molecular weight excluding hydrogens is 534 g/mol. The van der Waals surface area contributed by atoms with Crippen molar-refractivity contribution in [1.29, 1.82) is 0 Å². The molecule has 1 aliphatic rings. The molecule has 168 valence electrons. The summed E-state index contributed by atoms with van der Waals surface area (Å²) >= 11 is 2.10. The zero-order chi connectivity index (χ0) is 23.2. The topological polar surface area (TPSA) is 59.7 Å². The van der Waals surface area contributed by atoms with Crippen LogP contribution in [0, 0.1) is 9.65 Å². The molecule has 0 aliphatic carbocycles. The molecule has 2 aromatic heterocycles. The molecule has 6 nitrogen and oxygen atoms in total. The summed E-state index contributed by atoms with van der Waals surface area (Å²) in [6.07, 6.45) is 0.145. The zero-order valence-corrected chi connectivity index (χ0v) is 20.4. The number of hydrogen-bond donors (Lipinski definition) is 0. The Morgan fingerprint density at radius 1 is 1.12 bits per heavy atom. The van der Waals surface area contributed by atoms with Gasteiger partial charge in [-0.25, -0.2) is 18.7 Å². The molecule has 0 unspecified atom stereocenters. The van der Waals surface area contributed by atoms with Crippen LogP contribution in [0.25, 0.3) is 5.65 Å². The smallest absolute Gasteiger partial charge is 0.414 e. The average molecular weight is 556 g/mol. The molecule has 0 bridgehead atoms. The number of carbonyl (C=O) groups is 1. The molecule has 4 aromatic rings. The lowest BCUT2D eigenvalue weighted by atomic mass is 9.90. The first kappa shape index (κ1) is 21.8. The van der Waals surface area contributed by atoms with Crippen molar-refractivity contribution in [3.8, 4) is 0 Å². The summed E-state index contributed by atoms with van der Waals surface area (Å²) in [5.74, 6) is -0.274. The van der Waals surface area contributed by atoms with E-state index < -0.39 is 6.09 Å². The maximum absolute atomic E-state index is 13.4. The van der Waals surface area contributed by atoms with Crippen molar-refractivity contribution in [3.63, 3.8) is 0 Å². The van der Waals surface area contributed by atoms with E-state index in [-0.39, 0.29) is 17.8 Å². The van der Waals surface area contributed by atoms with E-state index in [2.05, 4.69) is 46.5 Å². The Morgan fingerprint density at radius 2 is 1.85 bits per heavy atom. The largest absolute Gasteiger partial charge is 0.444 e. The molecule has 0 fully saturated rings. The highest BCUT2D eigenvalue weighted by molar-refractivity contribution is 14.1. The molecule has 0 atom stereocenters. The fourth-order valence-corrected chi connectivity index (χ4v) is 4.81. The van der Waals surface area contributed by atoms with E-state index in [1.165, 1.54) is 12.1 Å². The van der Waals surface area contributed by atoms with E-state index in [9.17, 15) is 9.18 Å². The number of hydrogen-bond acceptors (Lipinski definition) is 4. The number of ether oxygens (including phenoxy) is 1. The molecule has 0 spiro atoms. The summed E-state index contributed by atoms with van der Waals surface area (Å²) in [7, 11) is 0. The molecule has 1 aliphatic heterocycles. The number of anilines is 1. The maximum atomic E-state index is 13.4. The number of halogens is 2. The van der Waals surface area contributed by atoms with Crippen LogP contribution < -0.4 is 4.90 Å². The Bertz CT molecular complexity index is 1340. The fourth-order valence-electron chi connectivity index (χ4n) is 4.36. The van der Waals surface area contributed by atoms with Crippen molar-refractivity contribution in [3.05, 3.63) is 92.7 Å². The average Bonchev–Trinajstić information content (AvgIpc) is 3.31. The minimum Gasteiger partial charge on any atom is -0.444 e. The number of nitrogens with zero attached hydrogens (tertiary/aromatic N) is 4. The molecule has 0 saturated carbocycles. The summed E-state index contributed by atoms with van der Waals surface area (Å²) in [6, 6.07) is 18.0. The highest BCUT2D eigenvalue weighted by atomic mass is 127. The fraction of sp³-hybridized carbons (Fsp3) is 0.240. The SMILES string of the molecule is CC1(C)CN(C(=O)OCc2ccccc2)c2cc(Cc3ccc(F)cc3)c3nc(I)nn3c21. The van der Waals surface area contributed by atoms with E-state index >= 15 is 0 Å². The molecule has 8 heteroatoms. The molecule has 0 saturated heterocycles. The quantitative estimate of drug-likeness (QED) is 0.312. The number of pyridine rings is 1. The van der Waals surface area contributed by atoms with Crippen LogP contribution in [-0.4, -0.2) is 27.2 Å². The highest BCUT2D eigenvalue weighted by Gasteiger charge is 2.42. The summed E-state index contributed by atoms with van der Waals surface area (Å²) in [6.45, 7) is 4.85. The Hall–Kier alpha value is -3.01. The van der Waals surface area contributed by atoms with Crippen molar-refractivity contribution < 1.29 is 13.9 Å². The third-order valence-electron chi connectivity index (χ3n) is 5.85. The van der Waals surface area contributed by atoms with Gasteiger partial charge in [0.2, 0.25) is 3.83 Å². The van der Waals surface area contributed by atoms with Gasteiger partial charge in [0.1, 0.15) is 12.4 Å². The first-order valence-corrected chi connectivity index (χ1v) is 11.7. The van der Waals surface area contributed by atoms with Gasteiger partial charge in [0.05, 0.1) is 11.4 Å². The summed E-state index contributed by atoms with van der Waals surface area (Å²) in [4.78, 5) is 19.5. The van der Waals surface area contributed by atoms with Gasteiger partial charge in [0.25, 0.3) is 0 Å². The highest BCUT2D eigenvalue weighted by Crippen LogP contribution is 2.42. The van der Waals surface area contributed by atoms with Gasteiger partial charge in [-0.3, -0.25) is 4.90 Å². The predicted molar refractivity (Wildman–Crippen MR) is 132 cm³/mol. The van der Waals surface area contributed by atoms with E-state index in [0.717, 1.165) is 33.7 Å². The number of rotatable bonds is 4. The lowest BCUT2D eigenvalue weighted by Crippen LogP contribution is -2.34. The number of carbonyl (C=O) groups excluding carboxylic acids is 1. The zero-order valence-electron chi connectivity index (χ0n) is 18.3. The van der Waals surface area contributed by atoms with Crippen LogP contribution in [0.15, 0.2) is 60.7 Å². The van der Waals surface area contributed by atoms with Gasteiger partial charge in [-0.2, -0.15) is 0 Å². The van der Waals surface area contributed by atoms with Gasteiger partial charge in [-0.15, -0.1) is 5.10 Å². The third kappa shape index (κ3) is 4.19. The first-order chi connectivity index (χ1) is 15.8. The molecule has 0 N–H and O–H groups in total. The molecule has 0 radical (unpaired) electrons. The molecular formula is C25H22FIN4O2. The minimum absolute atomic E-state index is 0.206. The Balaban J connectivity index is 1.54. The standard InChI is InChI=1S/C25H22FIN4O2/c1-25(2)15-30(24(32)33-14-17-6-4-3-5-7-17)20-13-18(12-16-8-10-19(26)11-9-16)22-28-23(27)29-31(22)21(20)25/h3-11,13H,12,14-15H2,1-2H3. The summed E-state index contributed by atoms with van der Waals surface area (Å²) < 4.78 is 21.5. The summed E-state index contributed by atoms with van der Waals surface area (Å²) in [5.41, 5.74) is 4.89. The second kappa shape index (κ2) is 8.40. The van der Waals surface area contributed by atoms with Gasteiger partial charge >= 0.3 is 6.09 Å². The monoisotopic (exact) mass is 556 g/mol.